The van der Waals surface area contributed by atoms with Crippen molar-refractivity contribution >= 4 is 17.5 Å². The summed E-state index contributed by atoms with van der Waals surface area (Å²) in [5.41, 5.74) is 1.93. The molecule has 0 spiro atoms. The molecule has 2 aliphatic rings. The summed E-state index contributed by atoms with van der Waals surface area (Å²) < 4.78 is 5.55. The Balaban J connectivity index is 1.50. The van der Waals surface area contributed by atoms with Crippen LogP contribution >= 0.6 is 11.6 Å². The highest BCUT2D eigenvalue weighted by molar-refractivity contribution is 6.32. The largest absolute Gasteiger partial charge is 0.484 e. The first kappa shape index (κ1) is 13.7. The van der Waals surface area contributed by atoms with Crippen molar-refractivity contribution in [1.82, 2.24) is 10.6 Å². The maximum Gasteiger partial charge on any atom is 0.258 e. The second-order valence-corrected chi connectivity index (χ2v) is 6.12. The smallest absolute Gasteiger partial charge is 0.258 e. The topological polar surface area (TPSA) is 50.4 Å². The van der Waals surface area contributed by atoms with Crippen LogP contribution in [-0.2, 0) is 4.79 Å². The lowest BCUT2D eigenvalue weighted by molar-refractivity contribution is -0.123. The third kappa shape index (κ3) is 2.63. The normalized spacial score (nSPS) is 27.1. The molecule has 0 bridgehead atoms. The minimum atomic E-state index is -0.0466. The number of carbonyl (C=O) groups excluding carboxylic acids is 1. The van der Waals surface area contributed by atoms with Crippen molar-refractivity contribution in [2.45, 2.75) is 19.9 Å². The van der Waals surface area contributed by atoms with E-state index in [-0.39, 0.29) is 12.5 Å². The Kier molecular flexibility index (Phi) is 3.61. The quantitative estimate of drug-likeness (QED) is 0.888. The third-order valence-corrected chi connectivity index (χ3v) is 4.80. The Hall–Kier alpha value is -1.26. The Morgan fingerprint density at radius 3 is 2.55 bits per heavy atom. The summed E-state index contributed by atoms with van der Waals surface area (Å²) in [6, 6.07) is 4.07. The second-order valence-electron chi connectivity index (χ2n) is 5.74. The number of piperidine rings is 1. The zero-order chi connectivity index (χ0) is 14.3. The summed E-state index contributed by atoms with van der Waals surface area (Å²) in [7, 11) is 0. The van der Waals surface area contributed by atoms with Gasteiger partial charge >= 0.3 is 0 Å². The lowest BCUT2D eigenvalue weighted by atomic mass is 10.1. The van der Waals surface area contributed by atoms with Gasteiger partial charge in [0.2, 0.25) is 0 Å². The first-order chi connectivity index (χ1) is 9.56. The van der Waals surface area contributed by atoms with E-state index >= 15 is 0 Å². The molecule has 1 saturated carbocycles. The number of fused-ring (bicyclic) bond motifs is 1. The van der Waals surface area contributed by atoms with E-state index in [4.69, 9.17) is 16.3 Å². The molecule has 1 aromatic rings. The molecule has 1 aromatic carbocycles. The number of rotatable bonds is 4. The van der Waals surface area contributed by atoms with Gasteiger partial charge in [0.05, 0.1) is 0 Å². The molecule has 1 aliphatic heterocycles. The highest BCUT2D eigenvalue weighted by Crippen LogP contribution is 2.41. The van der Waals surface area contributed by atoms with Crippen molar-refractivity contribution in [3.63, 3.8) is 0 Å². The van der Waals surface area contributed by atoms with Gasteiger partial charge in [0.1, 0.15) is 5.75 Å². The van der Waals surface area contributed by atoms with Crippen LogP contribution < -0.4 is 15.4 Å². The summed E-state index contributed by atoms with van der Waals surface area (Å²) >= 11 is 6.10. The second kappa shape index (κ2) is 5.26. The molecule has 20 heavy (non-hydrogen) atoms. The minimum Gasteiger partial charge on any atom is -0.484 e. The van der Waals surface area contributed by atoms with Crippen LogP contribution in [0.2, 0.25) is 5.02 Å². The van der Waals surface area contributed by atoms with Gasteiger partial charge in [0.25, 0.3) is 5.91 Å². The number of hydrogen-bond donors (Lipinski definition) is 2. The molecule has 108 valence electrons. The molecule has 0 radical (unpaired) electrons. The van der Waals surface area contributed by atoms with Gasteiger partial charge in [-0.3, -0.25) is 4.79 Å². The average molecular weight is 295 g/mol. The van der Waals surface area contributed by atoms with Crippen LogP contribution in [-0.4, -0.2) is 31.6 Å². The van der Waals surface area contributed by atoms with Gasteiger partial charge in [0, 0.05) is 24.2 Å². The van der Waals surface area contributed by atoms with Crippen LogP contribution in [0.4, 0.5) is 0 Å². The van der Waals surface area contributed by atoms with Crippen LogP contribution in [0.1, 0.15) is 11.1 Å². The molecular formula is C15H19ClN2O2. The lowest BCUT2D eigenvalue weighted by Gasteiger charge is -2.11. The van der Waals surface area contributed by atoms with Crippen molar-refractivity contribution in [3.05, 3.63) is 28.3 Å². The average Bonchev–Trinajstić information content (AvgIpc) is 2.86. The van der Waals surface area contributed by atoms with Gasteiger partial charge in [-0.2, -0.15) is 0 Å². The molecular weight excluding hydrogens is 276 g/mol. The maximum absolute atomic E-state index is 11.9. The van der Waals surface area contributed by atoms with Crippen LogP contribution in [0, 0.1) is 25.7 Å². The van der Waals surface area contributed by atoms with Gasteiger partial charge in [0.15, 0.2) is 6.61 Å². The third-order valence-electron chi connectivity index (χ3n) is 4.20. The van der Waals surface area contributed by atoms with Gasteiger partial charge in [-0.25, -0.2) is 0 Å². The van der Waals surface area contributed by atoms with Gasteiger partial charge in [-0.1, -0.05) is 11.6 Å². The van der Waals surface area contributed by atoms with Gasteiger partial charge in [-0.15, -0.1) is 0 Å². The number of aryl methyl sites for hydroxylation is 2. The number of nitrogens with one attached hydrogen (secondary N) is 2. The van der Waals surface area contributed by atoms with Gasteiger partial charge < -0.3 is 15.4 Å². The van der Waals surface area contributed by atoms with Crippen LogP contribution in [0.3, 0.4) is 0 Å². The van der Waals surface area contributed by atoms with Crippen LogP contribution in [0.15, 0.2) is 12.1 Å². The monoisotopic (exact) mass is 294 g/mol. The van der Waals surface area contributed by atoms with Crippen molar-refractivity contribution in [2.75, 3.05) is 19.7 Å². The molecule has 0 aromatic heterocycles. The predicted octanol–water partition coefficient (Wildman–Crippen LogP) is 1.67. The number of carbonyl (C=O) groups is 1. The van der Waals surface area contributed by atoms with Crippen molar-refractivity contribution in [3.8, 4) is 5.75 Å². The van der Waals surface area contributed by atoms with E-state index in [1.807, 2.05) is 26.0 Å². The zero-order valence-corrected chi connectivity index (χ0v) is 12.5. The molecule has 2 N–H and O–H groups in total. The van der Waals surface area contributed by atoms with E-state index in [1.165, 1.54) is 0 Å². The summed E-state index contributed by atoms with van der Waals surface area (Å²) in [5, 5.41) is 7.09. The Bertz CT molecular complexity index is 514. The zero-order valence-electron chi connectivity index (χ0n) is 11.7. The van der Waals surface area contributed by atoms with E-state index in [0.29, 0.717) is 23.6 Å². The van der Waals surface area contributed by atoms with E-state index < -0.39 is 0 Å². The highest BCUT2D eigenvalue weighted by atomic mass is 35.5. The molecule has 2 fully saturated rings. The summed E-state index contributed by atoms with van der Waals surface area (Å²) in [4.78, 5) is 11.9. The van der Waals surface area contributed by atoms with Crippen molar-refractivity contribution in [2.24, 2.45) is 11.8 Å². The minimum absolute atomic E-state index is 0.0466. The standard InChI is InChI=1S/C15H19ClN2O2/c1-8-3-10(4-9(2)14(8)16)20-7-13(19)18-15-11-5-17-6-12(11)15/h3-4,11-12,15,17H,5-7H2,1-2H3,(H,18,19)/t11-,12+,15?. The molecule has 1 unspecified atom stereocenters. The number of hydrogen-bond acceptors (Lipinski definition) is 3. The maximum atomic E-state index is 11.9. The SMILES string of the molecule is Cc1cc(OCC(=O)NC2[C@H]3CNC[C@@H]23)cc(C)c1Cl. The fourth-order valence-electron chi connectivity index (χ4n) is 3.00. The molecule has 4 nitrogen and oxygen atoms in total. The highest BCUT2D eigenvalue weighted by Gasteiger charge is 2.53. The van der Waals surface area contributed by atoms with E-state index in [1.54, 1.807) is 0 Å². The molecule has 3 rings (SSSR count). The lowest BCUT2D eigenvalue weighted by Crippen LogP contribution is -2.35. The number of ether oxygens (including phenoxy) is 1. The molecule has 5 heteroatoms. The fraction of sp³-hybridized carbons (Fsp3) is 0.533. The number of halogens is 1. The molecule has 1 saturated heterocycles. The molecule has 1 amide bonds. The fourth-order valence-corrected chi connectivity index (χ4v) is 3.11. The summed E-state index contributed by atoms with van der Waals surface area (Å²) in [6.07, 6.45) is 0. The Morgan fingerprint density at radius 2 is 1.95 bits per heavy atom. The first-order valence-corrected chi connectivity index (χ1v) is 7.33. The van der Waals surface area contributed by atoms with Gasteiger partial charge in [-0.05, 0) is 48.9 Å². The van der Waals surface area contributed by atoms with E-state index in [9.17, 15) is 4.79 Å². The number of amides is 1. The summed E-state index contributed by atoms with van der Waals surface area (Å²) in [5.74, 6) is 1.89. The Labute approximate surface area is 123 Å². The van der Waals surface area contributed by atoms with E-state index in [2.05, 4.69) is 10.6 Å². The van der Waals surface area contributed by atoms with E-state index in [0.717, 1.165) is 29.2 Å². The van der Waals surface area contributed by atoms with Crippen molar-refractivity contribution < 1.29 is 9.53 Å². The predicted molar refractivity (Wildman–Crippen MR) is 78.2 cm³/mol. The van der Waals surface area contributed by atoms with Crippen molar-refractivity contribution in [1.29, 1.82) is 0 Å². The Morgan fingerprint density at radius 1 is 1.35 bits per heavy atom. The molecule has 1 heterocycles. The molecule has 1 aliphatic carbocycles. The number of benzene rings is 1. The summed E-state index contributed by atoms with van der Waals surface area (Å²) in [6.45, 7) is 5.96. The van der Waals surface area contributed by atoms with Crippen LogP contribution in [0.25, 0.3) is 0 Å². The van der Waals surface area contributed by atoms with Crippen LogP contribution in [0.5, 0.6) is 5.75 Å². The first-order valence-electron chi connectivity index (χ1n) is 6.96. The molecule has 3 atom stereocenters.